The van der Waals surface area contributed by atoms with Gasteiger partial charge in [-0.2, -0.15) is 0 Å². The van der Waals surface area contributed by atoms with E-state index >= 15 is 0 Å². The number of carbonyl (C=O) groups is 2. The van der Waals surface area contributed by atoms with Crippen LogP contribution in [0.25, 0.3) is 0 Å². The van der Waals surface area contributed by atoms with E-state index in [-0.39, 0.29) is 17.7 Å². The number of rotatable bonds is 4. The topological polar surface area (TPSA) is 40.6 Å². The van der Waals surface area contributed by atoms with Gasteiger partial charge in [0.25, 0.3) is 5.91 Å². The molecule has 1 unspecified atom stereocenters. The van der Waals surface area contributed by atoms with Crippen LogP contribution in [0.4, 0.5) is 0 Å². The third-order valence-corrected chi connectivity index (χ3v) is 5.13. The van der Waals surface area contributed by atoms with Crippen LogP contribution in [0.2, 0.25) is 0 Å². The molecule has 4 heteroatoms. The monoisotopic (exact) mass is 334 g/mol. The van der Waals surface area contributed by atoms with Crippen LogP contribution in [-0.2, 0) is 11.3 Å². The fourth-order valence-electron chi connectivity index (χ4n) is 3.62. The first kappa shape index (κ1) is 15.9. The number of amides is 2. The molecule has 4 nitrogen and oxygen atoms in total. The molecular formula is C21H22N2O2. The first-order chi connectivity index (χ1) is 12.1. The van der Waals surface area contributed by atoms with Crippen LogP contribution in [0, 0.1) is 0 Å². The molecule has 0 spiro atoms. The van der Waals surface area contributed by atoms with Crippen LogP contribution >= 0.6 is 0 Å². The van der Waals surface area contributed by atoms with E-state index in [0.29, 0.717) is 24.7 Å². The third-order valence-electron chi connectivity index (χ3n) is 5.13. The van der Waals surface area contributed by atoms with Gasteiger partial charge in [-0.15, -0.1) is 0 Å². The van der Waals surface area contributed by atoms with Gasteiger partial charge in [-0.05, 0) is 30.0 Å². The summed E-state index contributed by atoms with van der Waals surface area (Å²) in [5.74, 6) is -0.137. The van der Waals surface area contributed by atoms with Crippen molar-refractivity contribution < 1.29 is 9.59 Å². The lowest BCUT2D eigenvalue weighted by atomic mass is 9.88. The summed E-state index contributed by atoms with van der Waals surface area (Å²) in [4.78, 5) is 29.5. The molecule has 0 aromatic heterocycles. The maximum atomic E-state index is 13.4. The van der Waals surface area contributed by atoms with Gasteiger partial charge in [0.05, 0.1) is 5.92 Å². The van der Waals surface area contributed by atoms with Crippen molar-refractivity contribution >= 4 is 11.8 Å². The highest BCUT2D eigenvalue weighted by molar-refractivity contribution is 6.00. The van der Waals surface area contributed by atoms with Crippen molar-refractivity contribution in [1.29, 1.82) is 0 Å². The van der Waals surface area contributed by atoms with E-state index in [9.17, 15) is 9.59 Å². The van der Waals surface area contributed by atoms with Gasteiger partial charge >= 0.3 is 0 Å². The third kappa shape index (κ3) is 3.04. The highest BCUT2D eigenvalue weighted by atomic mass is 16.2. The van der Waals surface area contributed by atoms with E-state index in [1.165, 1.54) is 0 Å². The molecule has 128 valence electrons. The average molecular weight is 334 g/mol. The summed E-state index contributed by atoms with van der Waals surface area (Å²) in [6.07, 6.45) is 2.14. The molecule has 25 heavy (non-hydrogen) atoms. The lowest BCUT2D eigenvalue weighted by Crippen LogP contribution is -2.45. The van der Waals surface area contributed by atoms with Crippen molar-refractivity contribution in [1.82, 2.24) is 9.80 Å². The van der Waals surface area contributed by atoms with E-state index < -0.39 is 0 Å². The summed E-state index contributed by atoms with van der Waals surface area (Å²) in [6, 6.07) is 18.0. The van der Waals surface area contributed by atoms with Crippen molar-refractivity contribution in [2.75, 3.05) is 13.6 Å². The number of hydrogen-bond acceptors (Lipinski definition) is 2. The standard InChI is InChI=1S/C21H22N2O2/c1-22-14-19(17-9-5-6-10-18(17)20(22)24)21(25)23(16-11-12-16)13-15-7-3-2-4-8-15/h2-10,16,19H,11-14H2,1H3. The number of nitrogens with zero attached hydrogens (tertiary/aromatic N) is 2. The lowest BCUT2D eigenvalue weighted by Gasteiger charge is -2.34. The molecule has 1 aliphatic heterocycles. The maximum Gasteiger partial charge on any atom is 0.253 e. The van der Waals surface area contributed by atoms with Crippen LogP contribution in [0.5, 0.6) is 0 Å². The SMILES string of the molecule is CN1CC(C(=O)N(Cc2ccccc2)C2CC2)c2ccccc2C1=O. The molecule has 0 saturated heterocycles. The van der Waals surface area contributed by atoms with Crippen LogP contribution in [-0.4, -0.2) is 41.2 Å². The summed E-state index contributed by atoms with van der Waals surface area (Å²) < 4.78 is 0. The summed E-state index contributed by atoms with van der Waals surface area (Å²) in [5.41, 5.74) is 2.68. The van der Waals surface area contributed by atoms with Crippen LogP contribution in [0.3, 0.4) is 0 Å². The quantitative estimate of drug-likeness (QED) is 0.862. The Morgan fingerprint density at radius 3 is 2.48 bits per heavy atom. The van der Waals surface area contributed by atoms with E-state index in [1.54, 1.807) is 11.9 Å². The van der Waals surface area contributed by atoms with E-state index in [1.807, 2.05) is 47.4 Å². The molecule has 2 aliphatic rings. The second-order valence-electron chi connectivity index (χ2n) is 7.01. The Balaban J connectivity index is 1.64. The molecule has 0 N–H and O–H groups in total. The Kier molecular flexibility index (Phi) is 4.04. The summed E-state index contributed by atoms with van der Waals surface area (Å²) in [6.45, 7) is 1.09. The zero-order valence-electron chi connectivity index (χ0n) is 14.4. The first-order valence-electron chi connectivity index (χ1n) is 8.84. The smallest absolute Gasteiger partial charge is 0.253 e. The molecular weight excluding hydrogens is 312 g/mol. The van der Waals surface area contributed by atoms with E-state index in [4.69, 9.17) is 0 Å². The van der Waals surface area contributed by atoms with Crippen LogP contribution < -0.4 is 0 Å². The predicted molar refractivity (Wildman–Crippen MR) is 96.2 cm³/mol. The van der Waals surface area contributed by atoms with Crippen molar-refractivity contribution in [2.24, 2.45) is 0 Å². The molecule has 2 aromatic rings. The number of benzene rings is 2. The molecule has 2 aromatic carbocycles. The molecule has 1 aliphatic carbocycles. The van der Waals surface area contributed by atoms with E-state index in [0.717, 1.165) is 24.0 Å². The Morgan fingerprint density at radius 1 is 1.08 bits per heavy atom. The predicted octanol–water partition coefficient (Wildman–Crippen LogP) is 3.05. The van der Waals surface area contributed by atoms with Gasteiger partial charge in [-0.25, -0.2) is 0 Å². The van der Waals surface area contributed by atoms with Crippen molar-refractivity contribution in [3.63, 3.8) is 0 Å². The second kappa shape index (κ2) is 6.36. The second-order valence-corrected chi connectivity index (χ2v) is 7.01. The van der Waals surface area contributed by atoms with Gasteiger partial charge in [0.2, 0.25) is 5.91 Å². The molecule has 4 rings (SSSR count). The van der Waals surface area contributed by atoms with Gasteiger partial charge in [0.15, 0.2) is 0 Å². The summed E-state index contributed by atoms with van der Waals surface area (Å²) in [5, 5.41) is 0. The lowest BCUT2D eigenvalue weighted by molar-refractivity contribution is -0.134. The number of likely N-dealkylation sites (N-methyl/N-ethyl adjacent to an activating group) is 1. The van der Waals surface area contributed by atoms with Gasteiger partial charge in [0.1, 0.15) is 0 Å². The van der Waals surface area contributed by atoms with Crippen molar-refractivity contribution in [3.05, 3.63) is 71.3 Å². The Bertz CT molecular complexity index is 799. The summed E-state index contributed by atoms with van der Waals surface area (Å²) in [7, 11) is 1.78. The zero-order chi connectivity index (χ0) is 17.4. The highest BCUT2D eigenvalue weighted by Gasteiger charge is 2.40. The first-order valence-corrected chi connectivity index (χ1v) is 8.84. The molecule has 2 amide bonds. The van der Waals surface area contributed by atoms with Gasteiger partial charge < -0.3 is 9.80 Å². The normalized spacial score (nSPS) is 19.5. The van der Waals surface area contributed by atoms with Crippen LogP contribution in [0.1, 0.15) is 40.2 Å². The van der Waals surface area contributed by atoms with Crippen molar-refractivity contribution in [3.8, 4) is 0 Å². The Morgan fingerprint density at radius 2 is 1.76 bits per heavy atom. The average Bonchev–Trinajstić information content (AvgIpc) is 3.48. The maximum absolute atomic E-state index is 13.4. The highest BCUT2D eigenvalue weighted by Crippen LogP contribution is 2.34. The van der Waals surface area contributed by atoms with Crippen LogP contribution in [0.15, 0.2) is 54.6 Å². The molecule has 0 radical (unpaired) electrons. The largest absolute Gasteiger partial charge is 0.341 e. The summed E-state index contributed by atoms with van der Waals surface area (Å²) >= 11 is 0. The molecule has 1 fully saturated rings. The van der Waals surface area contributed by atoms with Crippen molar-refractivity contribution in [2.45, 2.75) is 31.3 Å². The Hall–Kier alpha value is -2.62. The minimum atomic E-state index is -0.275. The molecule has 1 saturated carbocycles. The number of hydrogen-bond donors (Lipinski definition) is 0. The number of fused-ring (bicyclic) bond motifs is 1. The molecule has 1 heterocycles. The fourth-order valence-corrected chi connectivity index (χ4v) is 3.62. The molecule has 1 atom stereocenters. The minimum Gasteiger partial charge on any atom is -0.341 e. The van der Waals surface area contributed by atoms with Gasteiger partial charge in [0, 0.05) is 31.7 Å². The number of carbonyl (C=O) groups excluding carboxylic acids is 2. The van der Waals surface area contributed by atoms with Gasteiger partial charge in [-0.3, -0.25) is 9.59 Å². The fraction of sp³-hybridized carbons (Fsp3) is 0.333. The minimum absolute atomic E-state index is 0.000631. The van der Waals surface area contributed by atoms with E-state index in [2.05, 4.69) is 12.1 Å². The Labute approximate surface area is 148 Å². The van der Waals surface area contributed by atoms with Gasteiger partial charge in [-0.1, -0.05) is 48.5 Å². The zero-order valence-corrected chi connectivity index (χ0v) is 14.4. The molecule has 0 bridgehead atoms.